The number of anilines is 1. The molecule has 3 aromatic heterocycles. The minimum Gasteiger partial charge on any atom is -0.476 e. The molecule has 178 valence electrons. The van der Waals surface area contributed by atoms with Crippen LogP contribution in [0, 0.1) is 12.3 Å². The van der Waals surface area contributed by atoms with Crippen LogP contribution in [0.1, 0.15) is 21.7 Å². The van der Waals surface area contributed by atoms with E-state index in [1.54, 1.807) is 0 Å². The Hall–Kier alpha value is -3.39. The van der Waals surface area contributed by atoms with Crippen molar-refractivity contribution in [3.63, 3.8) is 0 Å². The van der Waals surface area contributed by atoms with Gasteiger partial charge >= 0.3 is 11.9 Å². The molecule has 1 fully saturated rings. The fraction of sp³-hybridized carbons (Fsp3) is 0.333. The van der Waals surface area contributed by atoms with Crippen molar-refractivity contribution >= 4 is 51.9 Å². The number of terminal acetylenes is 1. The summed E-state index contributed by atoms with van der Waals surface area (Å²) in [6.07, 6.45) is 2.05. The van der Waals surface area contributed by atoms with Crippen LogP contribution >= 0.6 is 22.9 Å². The van der Waals surface area contributed by atoms with Crippen molar-refractivity contribution in [1.29, 1.82) is 0 Å². The number of nitrogens with zero attached hydrogens (tertiary/aromatic N) is 5. The van der Waals surface area contributed by atoms with Crippen molar-refractivity contribution in [3.05, 3.63) is 27.7 Å². The second-order valence-electron chi connectivity index (χ2n) is 7.00. The molecule has 0 spiro atoms. The van der Waals surface area contributed by atoms with E-state index in [1.807, 2.05) is 0 Å². The van der Waals surface area contributed by atoms with Gasteiger partial charge in [0.2, 0.25) is 10.3 Å². The molecule has 0 amide bonds. The predicted octanol–water partition coefficient (Wildman–Crippen LogP) is -0.443. The Labute approximate surface area is 198 Å². The standard InChI is InChI=1S/C18H15ClN6O8S/c1-2-18(30)8(4-31-33-9(26)3-7-5-34-14(22-7)16(28)29)32-15(11(18)27)25-6-21-10-12(20)23-17(19)24-13(10)25/h1,5-6,8,11,15,27,30H,3-4H2,(H,28,29)(H2,20,23,24)/t8-,11+,15-,18-/m1/s1. The van der Waals surface area contributed by atoms with Gasteiger partial charge in [-0.1, -0.05) is 5.92 Å². The minimum absolute atomic E-state index is 0.00386. The molecule has 1 saturated heterocycles. The number of nitrogens with two attached hydrogens (primary N) is 1. The summed E-state index contributed by atoms with van der Waals surface area (Å²) in [6.45, 7) is -0.554. The highest BCUT2D eigenvalue weighted by atomic mass is 35.5. The molecule has 34 heavy (non-hydrogen) atoms. The number of carbonyl (C=O) groups is 2. The van der Waals surface area contributed by atoms with E-state index in [9.17, 15) is 19.8 Å². The number of carbonyl (C=O) groups excluding carboxylic acids is 1. The number of ether oxygens (including phenoxy) is 1. The van der Waals surface area contributed by atoms with Gasteiger partial charge in [0.15, 0.2) is 23.3 Å². The molecule has 4 atom stereocenters. The summed E-state index contributed by atoms with van der Waals surface area (Å²) in [6, 6.07) is 0. The molecule has 4 heterocycles. The molecule has 0 aliphatic carbocycles. The minimum atomic E-state index is -2.23. The van der Waals surface area contributed by atoms with Gasteiger partial charge in [0.25, 0.3) is 0 Å². The number of aliphatic hydroxyl groups excluding tert-OH is 1. The van der Waals surface area contributed by atoms with E-state index in [2.05, 4.69) is 30.7 Å². The maximum absolute atomic E-state index is 11.9. The van der Waals surface area contributed by atoms with Crippen LogP contribution in [0.5, 0.6) is 0 Å². The summed E-state index contributed by atoms with van der Waals surface area (Å²) in [5.74, 6) is -0.0357. The molecule has 0 unspecified atom stereocenters. The lowest BCUT2D eigenvalue weighted by Gasteiger charge is -2.24. The van der Waals surface area contributed by atoms with Crippen molar-refractivity contribution in [2.24, 2.45) is 0 Å². The Morgan fingerprint density at radius 2 is 2.18 bits per heavy atom. The first-order valence-electron chi connectivity index (χ1n) is 9.33. The van der Waals surface area contributed by atoms with E-state index < -0.39 is 42.6 Å². The fourth-order valence-corrected chi connectivity index (χ4v) is 4.06. The first-order chi connectivity index (χ1) is 16.1. The molecule has 0 aromatic carbocycles. The van der Waals surface area contributed by atoms with E-state index in [0.717, 1.165) is 11.3 Å². The normalized spacial score (nSPS) is 24.2. The summed E-state index contributed by atoms with van der Waals surface area (Å²) in [7, 11) is 0. The molecule has 1 aliphatic heterocycles. The second-order valence-corrected chi connectivity index (χ2v) is 8.19. The van der Waals surface area contributed by atoms with E-state index in [1.165, 1.54) is 16.3 Å². The van der Waals surface area contributed by atoms with Crippen molar-refractivity contribution in [1.82, 2.24) is 24.5 Å². The molecule has 0 radical (unpaired) electrons. The quantitative estimate of drug-likeness (QED) is 0.138. The Balaban J connectivity index is 1.44. The molecular weight excluding hydrogens is 496 g/mol. The lowest BCUT2D eigenvalue weighted by molar-refractivity contribution is -0.288. The highest BCUT2D eigenvalue weighted by molar-refractivity contribution is 7.11. The highest BCUT2D eigenvalue weighted by Crippen LogP contribution is 2.38. The van der Waals surface area contributed by atoms with Gasteiger partial charge in [0.1, 0.15) is 24.3 Å². The lowest BCUT2D eigenvalue weighted by Crippen LogP contribution is -2.48. The Bertz CT molecular complexity index is 1310. The van der Waals surface area contributed by atoms with Gasteiger partial charge in [0.05, 0.1) is 18.4 Å². The average molecular weight is 511 g/mol. The van der Waals surface area contributed by atoms with Gasteiger partial charge in [-0.3, -0.25) is 9.45 Å². The number of hydrogen-bond donors (Lipinski definition) is 4. The van der Waals surface area contributed by atoms with Crippen LogP contribution in [-0.2, 0) is 25.7 Å². The fourth-order valence-electron chi connectivity index (χ4n) is 3.24. The number of aromatic nitrogens is 5. The number of aliphatic hydroxyl groups is 2. The number of halogens is 1. The maximum atomic E-state index is 11.9. The number of imidazole rings is 1. The third-order valence-electron chi connectivity index (χ3n) is 4.87. The summed E-state index contributed by atoms with van der Waals surface area (Å²) in [5.41, 5.74) is 4.03. The summed E-state index contributed by atoms with van der Waals surface area (Å²) < 4.78 is 6.95. The van der Waals surface area contributed by atoms with Crippen LogP contribution in [0.4, 0.5) is 5.82 Å². The van der Waals surface area contributed by atoms with Crippen molar-refractivity contribution in [2.75, 3.05) is 12.3 Å². The van der Waals surface area contributed by atoms with E-state index in [-0.39, 0.29) is 39.4 Å². The second kappa shape index (κ2) is 9.10. The molecular formula is C18H15ClN6O8S. The van der Waals surface area contributed by atoms with Crippen molar-refractivity contribution in [2.45, 2.75) is 30.5 Å². The van der Waals surface area contributed by atoms with Crippen LogP contribution in [0.2, 0.25) is 5.28 Å². The molecule has 4 rings (SSSR count). The van der Waals surface area contributed by atoms with E-state index in [0.29, 0.717) is 0 Å². The van der Waals surface area contributed by atoms with Crippen molar-refractivity contribution < 1.29 is 39.4 Å². The number of fused-ring (bicyclic) bond motifs is 1. The smallest absolute Gasteiger partial charge is 0.365 e. The third kappa shape index (κ3) is 4.25. The Morgan fingerprint density at radius 1 is 1.41 bits per heavy atom. The first kappa shape index (κ1) is 23.8. The molecule has 1 aliphatic rings. The number of thiazole rings is 1. The van der Waals surface area contributed by atoms with E-state index in [4.69, 9.17) is 38.5 Å². The largest absolute Gasteiger partial charge is 0.476 e. The van der Waals surface area contributed by atoms with Gasteiger partial charge in [-0.25, -0.2) is 19.6 Å². The molecule has 0 saturated carbocycles. The number of aromatic carboxylic acids is 1. The van der Waals surface area contributed by atoms with Crippen molar-refractivity contribution in [3.8, 4) is 12.3 Å². The molecule has 5 N–H and O–H groups in total. The van der Waals surface area contributed by atoms with Crippen LogP contribution in [-0.4, -0.2) is 76.2 Å². The van der Waals surface area contributed by atoms with Crippen LogP contribution in [0.25, 0.3) is 11.2 Å². The third-order valence-corrected chi connectivity index (χ3v) is 5.92. The summed E-state index contributed by atoms with van der Waals surface area (Å²) in [4.78, 5) is 47.9. The number of rotatable bonds is 7. The first-order valence-corrected chi connectivity index (χ1v) is 10.6. The molecule has 14 nitrogen and oxygen atoms in total. The SMILES string of the molecule is C#C[C@@]1(O)[C@@H](COOC(=O)Cc2csc(C(=O)O)n2)O[C@@H](n2cnc3c(N)nc(Cl)nc32)[C@@H]1O. The van der Waals surface area contributed by atoms with Gasteiger partial charge in [0, 0.05) is 5.38 Å². The highest BCUT2D eigenvalue weighted by Gasteiger charge is 2.56. The summed E-state index contributed by atoms with van der Waals surface area (Å²) in [5, 5.41) is 31.4. The Kier molecular flexibility index (Phi) is 6.36. The van der Waals surface area contributed by atoms with E-state index >= 15 is 0 Å². The number of hydrogen-bond acceptors (Lipinski definition) is 13. The summed E-state index contributed by atoms with van der Waals surface area (Å²) >= 11 is 6.70. The van der Waals surface area contributed by atoms with Gasteiger partial charge in [-0.15, -0.1) is 17.8 Å². The average Bonchev–Trinajstić information content (AvgIpc) is 3.47. The molecule has 16 heteroatoms. The van der Waals surface area contributed by atoms with Gasteiger partial charge in [-0.05, 0) is 11.6 Å². The molecule has 3 aromatic rings. The maximum Gasteiger partial charge on any atom is 0.365 e. The number of carboxylic acids is 1. The van der Waals surface area contributed by atoms with Crippen LogP contribution in [0.15, 0.2) is 11.7 Å². The Morgan fingerprint density at radius 3 is 2.85 bits per heavy atom. The predicted molar refractivity (Wildman–Crippen MR) is 113 cm³/mol. The zero-order chi connectivity index (χ0) is 24.6. The van der Waals surface area contributed by atoms with Gasteiger partial charge < -0.3 is 25.8 Å². The van der Waals surface area contributed by atoms with Crippen LogP contribution in [0.3, 0.4) is 0 Å². The van der Waals surface area contributed by atoms with Gasteiger partial charge in [-0.2, -0.15) is 14.9 Å². The zero-order valence-corrected chi connectivity index (χ0v) is 18.4. The number of carboxylic acid groups (broad SMARTS) is 1. The zero-order valence-electron chi connectivity index (χ0n) is 16.9. The lowest BCUT2D eigenvalue weighted by atomic mass is 9.93. The van der Waals surface area contributed by atoms with Crippen LogP contribution < -0.4 is 5.73 Å². The topological polar surface area (TPSA) is 205 Å². The molecule has 0 bridgehead atoms. The monoisotopic (exact) mass is 510 g/mol. The number of nitrogen functional groups attached to an aromatic ring is 1.